The van der Waals surface area contributed by atoms with Crippen molar-refractivity contribution >= 4 is 21.8 Å². The Morgan fingerprint density at radius 1 is 1.16 bits per heavy atom. The monoisotopic (exact) mass is 523 g/mol. The summed E-state index contributed by atoms with van der Waals surface area (Å²) in [4.78, 5) is 25.6. The predicted molar refractivity (Wildman–Crippen MR) is 135 cm³/mol. The van der Waals surface area contributed by atoms with Gasteiger partial charge >= 0.3 is 0 Å². The molecule has 0 aromatic heterocycles. The van der Waals surface area contributed by atoms with Gasteiger partial charge in [0.25, 0.3) is 5.91 Å². The van der Waals surface area contributed by atoms with Gasteiger partial charge in [-0.3, -0.25) is 9.59 Å². The normalized spacial score (nSPS) is 16.7. The lowest BCUT2D eigenvalue weighted by Crippen LogP contribution is -2.52. The van der Waals surface area contributed by atoms with Crippen molar-refractivity contribution in [2.45, 2.75) is 43.2 Å². The number of amides is 2. The van der Waals surface area contributed by atoms with Crippen LogP contribution in [0.25, 0.3) is 0 Å². The van der Waals surface area contributed by atoms with Gasteiger partial charge in [0.15, 0.2) is 0 Å². The number of benzene rings is 2. The number of ether oxygens (including phenoxy) is 1. The van der Waals surface area contributed by atoms with Crippen molar-refractivity contribution in [3.05, 3.63) is 65.2 Å². The van der Waals surface area contributed by atoms with Gasteiger partial charge < -0.3 is 15.4 Å². The van der Waals surface area contributed by atoms with Gasteiger partial charge in [0.1, 0.15) is 12.1 Å². The number of nitriles is 2. The molecule has 0 radical (unpaired) electrons. The summed E-state index contributed by atoms with van der Waals surface area (Å²) in [5, 5.41) is 23.9. The first kappa shape index (κ1) is 27.8. The van der Waals surface area contributed by atoms with Gasteiger partial charge in [-0.25, -0.2) is 8.42 Å². The van der Waals surface area contributed by atoms with Crippen LogP contribution in [0.1, 0.15) is 47.7 Å². The number of unbranched alkanes of at least 4 members (excludes halogenated alkanes) is 1. The summed E-state index contributed by atoms with van der Waals surface area (Å²) in [6.07, 6.45) is 1.35. The fourth-order valence-electron chi connectivity index (χ4n) is 3.94. The van der Waals surface area contributed by atoms with E-state index in [1.165, 1.54) is 22.5 Å². The third-order valence-electron chi connectivity index (χ3n) is 5.95. The van der Waals surface area contributed by atoms with E-state index in [-0.39, 0.29) is 42.3 Å². The topological polar surface area (TPSA) is 152 Å². The number of sulfonamides is 1. The van der Waals surface area contributed by atoms with Crippen LogP contribution in [0.4, 0.5) is 0 Å². The standard InChI is InChI=1S/C26H29N5O5S/c1-2-3-10-23(30-25(32)20-9-6-7-19(14-20)15-27)26(33)29-17-22-18-31(12-13-36-22)37(34,35)24-11-5-4-8-21(24)16-28/h4-9,11,14,22-23H,2-3,10,12-13,17-18H2,1H3,(H,29,33)(H,30,32)/t22?,23-/m0/s1. The van der Waals surface area contributed by atoms with Gasteiger partial charge in [-0.15, -0.1) is 0 Å². The lowest BCUT2D eigenvalue weighted by Gasteiger charge is -2.32. The van der Waals surface area contributed by atoms with Crippen LogP contribution in [-0.2, 0) is 19.6 Å². The van der Waals surface area contributed by atoms with Crippen LogP contribution in [0, 0.1) is 22.7 Å². The number of rotatable bonds is 10. The largest absolute Gasteiger partial charge is 0.374 e. The zero-order valence-electron chi connectivity index (χ0n) is 20.5. The van der Waals surface area contributed by atoms with Crippen molar-refractivity contribution in [1.82, 2.24) is 14.9 Å². The Bertz CT molecular complexity index is 1320. The summed E-state index contributed by atoms with van der Waals surface area (Å²) >= 11 is 0. The van der Waals surface area contributed by atoms with Crippen molar-refractivity contribution in [2.75, 3.05) is 26.2 Å². The van der Waals surface area contributed by atoms with Gasteiger partial charge in [0.2, 0.25) is 15.9 Å². The van der Waals surface area contributed by atoms with Crippen molar-refractivity contribution in [1.29, 1.82) is 10.5 Å². The van der Waals surface area contributed by atoms with E-state index in [1.807, 2.05) is 19.1 Å². The Hall–Kier alpha value is -3.77. The maximum atomic E-state index is 13.1. The lowest BCUT2D eigenvalue weighted by atomic mass is 10.1. The molecule has 1 heterocycles. The van der Waals surface area contributed by atoms with E-state index in [0.717, 1.165) is 6.42 Å². The van der Waals surface area contributed by atoms with E-state index in [0.29, 0.717) is 18.4 Å². The average molecular weight is 524 g/mol. The first-order chi connectivity index (χ1) is 17.8. The number of carbonyl (C=O) groups is 2. The molecule has 2 atom stereocenters. The molecule has 1 fully saturated rings. The highest BCUT2D eigenvalue weighted by Crippen LogP contribution is 2.22. The highest BCUT2D eigenvalue weighted by atomic mass is 32.2. The Morgan fingerprint density at radius 3 is 2.68 bits per heavy atom. The Balaban J connectivity index is 1.64. The van der Waals surface area contributed by atoms with Gasteiger partial charge in [-0.05, 0) is 36.8 Å². The van der Waals surface area contributed by atoms with Gasteiger partial charge in [-0.2, -0.15) is 14.8 Å². The maximum Gasteiger partial charge on any atom is 0.251 e. The number of hydrogen-bond donors (Lipinski definition) is 2. The minimum absolute atomic E-state index is 0.00924. The quantitative estimate of drug-likeness (QED) is 0.482. The molecule has 2 amide bonds. The molecule has 0 saturated carbocycles. The second-order valence-corrected chi connectivity index (χ2v) is 10.5. The predicted octanol–water partition coefficient (Wildman–Crippen LogP) is 1.92. The molecule has 10 nitrogen and oxygen atoms in total. The summed E-state index contributed by atoms with van der Waals surface area (Å²) in [6, 6.07) is 15.3. The maximum absolute atomic E-state index is 13.1. The number of nitrogens with one attached hydrogen (secondary N) is 2. The highest BCUT2D eigenvalue weighted by Gasteiger charge is 2.33. The third kappa shape index (κ3) is 7.14. The van der Waals surface area contributed by atoms with E-state index < -0.39 is 34.0 Å². The molecule has 37 heavy (non-hydrogen) atoms. The summed E-state index contributed by atoms with van der Waals surface area (Å²) < 4.78 is 33.2. The van der Waals surface area contributed by atoms with Crippen molar-refractivity contribution in [3.63, 3.8) is 0 Å². The zero-order valence-corrected chi connectivity index (χ0v) is 21.3. The molecule has 1 aliphatic rings. The van der Waals surface area contributed by atoms with Crippen molar-refractivity contribution in [3.8, 4) is 12.1 Å². The van der Waals surface area contributed by atoms with Crippen LogP contribution >= 0.6 is 0 Å². The number of hydrogen-bond acceptors (Lipinski definition) is 7. The van der Waals surface area contributed by atoms with Crippen LogP contribution in [0.3, 0.4) is 0 Å². The minimum Gasteiger partial charge on any atom is -0.374 e. The molecule has 3 rings (SSSR count). The Labute approximate surface area is 216 Å². The van der Waals surface area contributed by atoms with Crippen molar-refractivity contribution in [2.24, 2.45) is 0 Å². The van der Waals surface area contributed by atoms with Crippen molar-refractivity contribution < 1.29 is 22.7 Å². The highest BCUT2D eigenvalue weighted by molar-refractivity contribution is 7.89. The van der Waals surface area contributed by atoms with Gasteiger partial charge in [-0.1, -0.05) is 38.0 Å². The molecule has 0 aliphatic carbocycles. The van der Waals surface area contributed by atoms with E-state index in [2.05, 4.69) is 10.6 Å². The first-order valence-electron chi connectivity index (χ1n) is 12.0. The van der Waals surface area contributed by atoms with Gasteiger partial charge in [0.05, 0.1) is 34.8 Å². The summed E-state index contributed by atoms with van der Waals surface area (Å²) in [6.45, 7) is 2.30. The van der Waals surface area contributed by atoms with Crippen LogP contribution < -0.4 is 10.6 Å². The number of carbonyl (C=O) groups excluding carboxylic acids is 2. The SMILES string of the molecule is CCCC[C@H](NC(=O)c1cccc(C#N)c1)C(=O)NCC1CN(S(=O)(=O)c2ccccc2C#N)CCO1. The van der Waals surface area contributed by atoms with Crippen LogP contribution in [0.2, 0.25) is 0 Å². The molecule has 1 aliphatic heterocycles. The fourth-order valence-corrected chi connectivity index (χ4v) is 5.54. The van der Waals surface area contributed by atoms with E-state index in [1.54, 1.807) is 30.3 Å². The molecule has 1 unspecified atom stereocenters. The van der Waals surface area contributed by atoms with Crippen LogP contribution in [0.15, 0.2) is 53.4 Å². The fraction of sp³-hybridized carbons (Fsp3) is 0.385. The third-order valence-corrected chi connectivity index (χ3v) is 7.88. The zero-order chi connectivity index (χ0) is 26.8. The number of morpholine rings is 1. The molecule has 0 bridgehead atoms. The van der Waals surface area contributed by atoms with Crippen LogP contribution in [-0.4, -0.2) is 62.9 Å². The molecule has 1 saturated heterocycles. The number of nitrogens with zero attached hydrogens (tertiary/aromatic N) is 3. The molecule has 0 spiro atoms. The molecule has 2 N–H and O–H groups in total. The first-order valence-corrected chi connectivity index (χ1v) is 13.4. The van der Waals surface area contributed by atoms with Crippen LogP contribution in [0.5, 0.6) is 0 Å². The van der Waals surface area contributed by atoms with E-state index in [4.69, 9.17) is 10.00 Å². The second kappa shape index (κ2) is 13.0. The summed E-state index contributed by atoms with van der Waals surface area (Å²) in [5.41, 5.74) is 0.685. The molecule has 2 aromatic carbocycles. The molecule has 2 aromatic rings. The summed E-state index contributed by atoms with van der Waals surface area (Å²) in [7, 11) is -3.92. The lowest BCUT2D eigenvalue weighted by molar-refractivity contribution is -0.124. The Kier molecular flexibility index (Phi) is 9.75. The second-order valence-electron chi connectivity index (χ2n) is 8.57. The molecular weight excluding hydrogens is 494 g/mol. The minimum atomic E-state index is -3.92. The smallest absolute Gasteiger partial charge is 0.251 e. The van der Waals surface area contributed by atoms with E-state index >= 15 is 0 Å². The Morgan fingerprint density at radius 2 is 1.95 bits per heavy atom. The molecular formula is C26H29N5O5S. The van der Waals surface area contributed by atoms with E-state index in [9.17, 15) is 23.3 Å². The molecule has 194 valence electrons. The molecule has 11 heteroatoms. The van der Waals surface area contributed by atoms with Gasteiger partial charge in [0, 0.05) is 25.2 Å². The summed E-state index contributed by atoms with van der Waals surface area (Å²) in [5.74, 6) is -0.868. The average Bonchev–Trinajstić information content (AvgIpc) is 2.93.